The van der Waals surface area contributed by atoms with Crippen LogP contribution in [-0.4, -0.2) is 22.0 Å². The fraction of sp³-hybridized carbons (Fsp3) is 0.467. The first-order valence-electron chi connectivity index (χ1n) is 7.15. The first-order valence-corrected chi connectivity index (χ1v) is 7.15. The zero-order valence-corrected chi connectivity index (χ0v) is 12.2. The Labute approximate surface area is 124 Å². The molecule has 1 rings (SSSR count). The summed E-state index contributed by atoms with van der Waals surface area (Å²) in [5, 5.41) is 18.7. The van der Waals surface area contributed by atoms with Crippen molar-refractivity contribution in [2.24, 2.45) is 0 Å². The molecule has 0 radical (unpaired) electrons. The molecule has 1 aromatic rings. The predicted molar refractivity (Wildman–Crippen MR) is 78.8 cm³/mol. The molecular formula is C15H22N2O4. The van der Waals surface area contributed by atoms with Gasteiger partial charge in [-0.2, -0.15) is 0 Å². The van der Waals surface area contributed by atoms with Gasteiger partial charge in [0.1, 0.15) is 11.5 Å². The third-order valence-electron chi connectivity index (χ3n) is 3.05. The van der Waals surface area contributed by atoms with Crippen LogP contribution in [0.2, 0.25) is 0 Å². The lowest BCUT2D eigenvalue weighted by atomic mass is 10.1. The molecule has 0 heterocycles. The molecule has 0 saturated carbocycles. The van der Waals surface area contributed by atoms with Crippen molar-refractivity contribution in [2.45, 2.75) is 45.4 Å². The van der Waals surface area contributed by atoms with E-state index in [4.69, 9.17) is 5.11 Å². The number of carbonyl (C=O) groups excluding carboxylic acids is 2. The summed E-state index contributed by atoms with van der Waals surface area (Å²) in [6.07, 6.45) is 5.56. The zero-order valence-electron chi connectivity index (χ0n) is 12.2. The van der Waals surface area contributed by atoms with E-state index in [1.54, 1.807) is 0 Å². The van der Waals surface area contributed by atoms with Crippen LogP contribution in [0.15, 0.2) is 18.2 Å². The zero-order chi connectivity index (χ0) is 15.7. The largest absolute Gasteiger partial charge is 0.508 e. The van der Waals surface area contributed by atoms with Gasteiger partial charge in [0.25, 0.3) is 5.91 Å². The van der Waals surface area contributed by atoms with E-state index >= 15 is 0 Å². The number of hydrogen-bond donors (Lipinski definition) is 4. The van der Waals surface area contributed by atoms with Crippen molar-refractivity contribution in [3.05, 3.63) is 23.8 Å². The van der Waals surface area contributed by atoms with Gasteiger partial charge in [0.2, 0.25) is 5.91 Å². The van der Waals surface area contributed by atoms with E-state index in [0.717, 1.165) is 31.7 Å². The molecule has 0 fully saturated rings. The van der Waals surface area contributed by atoms with Crippen LogP contribution in [0.5, 0.6) is 11.5 Å². The maximum Gasteiger partial charge on any atom is 0.273 e. The van der Waals surface area contributed by atoms with Crippen LogP contribution in [-0.2, 0) is 4.79 Å². The Hall–Kier alpha value is -2.24. The van der Waals surface area contributed by atoms with Gasteiger partial charge in [-0.05, 0) is 18.6 Å². The number of rotatable bonds is 7. The molecule has 1 aromatic carbocycles. The van der Waals surface area contributed by atoms with Gasteiger partial charge in [-0.1, -0.05) is 32.6 Å². The monoisotopic (exact) mass is 294 g/mol. The third kappa shape index (κ3) is 6.16. The Bertz CT molecular complexity index is 489. The van der Waals surface area contributed by atoms with E-state index in [1.807, 2.05) is 0 Å². The van der Waals surface area contributed by atoms with Crippen molar-refractivity contribution in [1.29, 1.82) is 0 Å². The van der Waals surface area contributed by atoms with Crippen LogP contribution < -0.4 is 10.9 Å². The summed E-state index contributed by atoms with van der Waals surface area (Å²) in [7, 11) is 0. The van der Waals surface area contributed by atoms with Gasteiger partial charge in [0.15, 0.2) is 0 Å². The Kier molecular flexibility index (Phi) is 7.08. The number of nitrogens with one attached hydrogen (secondary N) is 2. The van der Waals surface area contributed by atoms with Gasteiger partial charge >= 0.3 is 0 Å². The minimum atomic E-state index is -0.633. The van der Waals surface area contributed by atoms with E-state index in [-0.39, 0.29) is 23.0 Å². The highest BCUT2D eigenvalue weighted by Gasteiger charge is 2.12. The summed E-state index contributed by atoms with van der Waals surface area (Å²) in [6, 6.07) is 3.62. The van der Waals surface area contributed by atoms with Gasteiger partial charge < -0.3 is 10.2 Å². The van der Waals surface area contributed by atoms with E-state index in [1.165, 1.54) is 18.6 Å². The van der Waals surface area contributed by atoms with Crippen molar-refractivity contribution >= 4 is 11.8 Å². The molecule has 0 spiro atoms. The molecule has 0 atom stereocenters. The highest BCUT2D eigenvalue weighted by molar-refractivity contribution is 5.97. The number of benzene rings is 1. The summed E-state index contributed by atoms with van der Waals surface area (Å²) >= 11 is 0. The van der Waals surface area contributed by atoms with Crippen LogP contribution in [0.3, 0.4) is 0 Å². The molecule has 0 bridgehead atoms. The highest BCUT2D eigenvalue weighted by atomic mass is 16.3. The smallest absolute Gasteiger partial charge is 0.273 e. The Morgan fingerprint density at radius 3 is 2.43 bits per heavy atom. The molecule has 0 aromatic heterocycles. The Balaban J connectivity index is 2.30. The van der Waals surface area contributed by atoms with Gasteiger partial charge in [-0.15, -0.1) is 0 Å². The second kappa shape index (κ2) is 8.84. The molecule has 4 N–H and O–H groups in total. The van der Waals surface area contributed by atoms with Crippen molar-refractivity contribution in [2.75, 3.05) is 0 Å². The van der Waals surface area contributed by atoms with Crippen molar-refractivity contribution in [1.82, 2.24) is 10.9 Å². The van der Waals surface area contributed by atoms with E-state index in [0.29, 0.717) is 6.42 Å². The Morgan fingerprint density at radius 2 is 1.76 bits per heavy atom. The molecule has 116 valence electrons. The number of carbonyl (C=O) groups is 2. The number of hydrazine groups is 1. The molecule has 0 aliphatic heterocycles. The highest BCUT2D eigenvalue weighted by Crippen LogP contribution is 2.22. The normalized spacial score (nSPS) is 10.1. The SMILES string of the molecule is CCCCCCCC(=O)NNC(=O)c1ccc(O)cc1O. The van der Waals surface area contributed by atoms with E-state index in [9.17, 15) is 14.7 Å². The van der Waals surface area contributed by atoms with Gasteiger partial charge in [0.05, 0.1) is 5.56 Å². The number of unbranched alkanes of at least 4 members (excludes halogenated alkanes) is 4. The Morgan fingerprint density at radius 1 is 1.05 bits per heavy atom. The van der Waals surface area contributed by atoms with E-state index < -0.39 is 5.91 Å². The predicted octanol–water partition coefficient (Wildman–Crippen LogP) is 2.22. The van der Waals surface area contributed by atoms with E-state index in [2.05, 4.69) is 17.8 Å². The number of phenols is 2. The maximum atomic E-state index is 11.7. The average molecular weight is 294 g/mol. The lowest BCUT2D eigenvalue weighted by Gasteiger charge is -2.08. The molecule has 6 heteroatoms. The lowest BCUT2D eigenvalue weighted by Crippen LogP contribution is -2.41. The van der Waals surface area contributed by atoms with Crippen LogP contribution in [0.1, 0.15) is 55.8 Å². The van der Waals surface area contributed by atoms with Gasteiger partial charge in [-0.25, -0.2) is 0 Å². The van der Waals surface area contributed by atoms with Gasteiger partial charge in [-0.3, -0.25) is 20.4 Å². The number of hydrogen-bond acceptors (Lipinski definition) is 4. The summed E-state index contributed by atoms with van der Waals surface area (Å²) in [4.78, 5) is 23.3. The topological polar surface area (TPSA) is 98.7 Å². The quantitative estimate of drug-likeness (QED) is 0.458. The van der Waals surface area contributed by atoms with Crippen LogP contribution in [0, 0.1) is 0 Å². The molecule has 21 heavy (non-hydrogen) atoms. The fourth-order valence-corrected chi connectivity index (χ4v) is 1.86. The fourth-order valence-electron chi connectivity index (χ4n) is 1.86. The van der Waals surface area contributed by atoms with Crippen LogP contribution in [0.4, 0.5) is 0 Å². The minimum Gasteiger partial charge on any atom is -0.508 e. The minimum absolute atomic E-state index is 0.0176. The maximum absolute atomic E-state index is 11.7. The van der Waals surface area contributed by atoms with Gasteiger partial charge in [0, 0.05) is 12.5 Å². The molecule has 0 saturated heterocycles. The summed E-state index contributed by atoms with van der Waals surface area (Å²) in [5.41, 5.74) is 4.51. The van der Waals surface area contributed by atoms with Crippen molar-refractivity contribution in [3.63, 3.8) is 0 Å². The third-order valence-corrected chi connectivity index (χ3v) is 3.05. The summed E-state index contributed by atoms with van der Waals surface area (Å²) in [5.74, 6) is -1.38. The first-order chi connectivity index (χ1) is 10.0. The van der Waals surface area contributed by atoms with Crippen LogP contribution >= 0.6 is 0 Å². The second-order valence-corrected chi connectivity index (χ2v) is 4.87. The molecule has 0 aliphatic rings. The molecular weight excluding hydrogens is 272 g/mol. The summed E-state index contributed by atoms with van der Waals surface area (Å²) in [6.45, 7) is 2.13. The number of aromatic hydroxyl groups is 2. The number of amides is 2. The first kappa shape index (κ1) is 16.8. The van der Waals surface area contributed by atoms with Crippen molar-refractivity contribution in [3.8, 4) is 11.5 Å². The summed E-state index contributed by atoms with van der Waals surface area (Å²) < 4.78 is 0. The second-order valence-electron chi connectivity index (χ2n) is 4.87. The van der Waals surface area contributed by atoms with Crippen molar-refractivity contribution < 1.29 is 19.8 Å². The average Bonchev–Trinajstić information content (AvgIpc) is 2.44. The molecule has 6 nitrogen and oxygen atoms in total. The number of phenolic OH excluding ortho intramolecular Hbond substituents is 2. The molecule has 0 unspecified atom stereocenters. The molecule has 0 aliphatic carbocycles. The van der Waals surface area contributed by atoms with Crippen LogP contribution in [0.25, 0.3) is 0 Å². The standard InChI is InChI=1S/C15H22N2O4/c1-2-3-4-5-6-7-14(20)16-17-15(21)12-9-8-11(18)10-13(12)19/h8-10,18-19H,2-7H2,1H3,(H,16,20)(H,17,21). The molecule has 2 amide bonds. The lowest BCUT2D eigenvalue weighted by molar-refractivity contribution is -0.122.